The van der Waals surface area contributed by atoms with Gasteiger partial charge in [0.2, 0.25) is 0 Å². The van der Waals surface area contributed by atoms with Crippen molar-refractivity contribution in [3.05, 3.63) is 41.7 Å². The zero-order valence-corrected chi connectivity index (χ0v) is 15.3. The number of aromatic nitrogens is 2. The van der Waals surface area contributed by atoms with E-state index in [4.69, 9.17) is 5.73 Å². The monoisotopic (exact) mass is 455 g/mol. The molecule has 3 N–H and O–H groups in total. The van der Waals surface area contributed by atoms with Gasteiger partial charge in [0.15, 0.2) is 5.96 Å². The normalized spacial score (nSPS) is 11.8. The van der Waals surface area contributed by atoms with Crippen LogP contribution in [0.2, 0.25) is 0 Å². The number of aryl methyl sites for hydroxylation is 1. The summed E-state index contributed by atoms with van der Waals surface area (Å²) in [5.74, 6) is -0.151. The molecule has 0 aliphatic heterocycles. The molecule has 2 aromatic rings. The van der Waals surface area contributed by atoms with E-state index >= 15 is 0 Å². The summed E-state index contributed by atoms with van der Waals surface area (Å²) in [6.45, 7) is 2.27. The molecule has 2 rings (SSSR count). The van der Waals surface area contributed by atoms with Crippen LogP contribution in [0, 0.1) is 6.92 Å². The van der Waals surface area contributed by atoms with Crippen LogP contribution in [-0.2, 0) is 13.6 Å². The number of hydrogen-bond acceptors (Lipinski definition) is 3. The van der Waals surface area contributed by atoms with Crippen LogP contribution in [-0.4, -0.2) is 22.1 Å². The Labute approximate surface area is 153 Å². The Balaban J connectivity index is 0.00000288. The third-order valence-corrected chi connectivity index (χ3v) is 3.12. The van der Waals surface area contributed by atoms with E-state index in [1.807, 2.05) is 14.0 Å². The predicted molar refractivity (Wildman–Crippen MR) is 95.4 cm³/mol. The molecular formula is C14H17F3IN5O. The first-order valence-electron chi connectivity index (χ1n) is 6.65. The van der Waals surface area contributed by atoms with Crippen molar-refractivity contribution >= 4 is 35.6 Å². The fourth-order valence-electron chi connectivity index (χ4n) is 1.80. The molecule has 0 fully saturated rings. The Kier molecular flexibility index (Phi) is 6.87. The van der Waals surface area contributed by atoms with Crippen LogP contribution in [0.1, 0.15) is 11.3 Å². The number of nitrogens with zero attached hydrogens (tertiary/aromatic N) is 3. The SMILES string of the molecule is Cc1c(CN=C(N)Nc2ccc(OC(F)(F)F)cc2)cnn1C.I. The lowest BCUT2D eigenvalue weighted by molar-refractivity contribution is -0.274. The number of guanidine groups is 1. The Hall–Kier alpha value is -1.98. The molecule has 0 spiro atoms. The highest BCUT2D eigenvalue weighted by Crippen LogP contribution is 2.23. The summed E-state index contributed by atoms with van der Waals surface area (Å²) in [7, 11) is 1.83. The number of nitrogens with two attached hydrogens (primary N) is 1. The first-order valence-corrected chi connectivity index (χ1v) is 6.65. The van der Waals surface area contributed by atoms with Crippen molar-refractivity contribution in [3.8, 4) is 5.75 Å². The molecule has 0 radical (unpaired) electrons. The van der Waals surface area contributed by atoms with Crippen molar-refractivity contribution in [2.75, 3.05) is 5.32 Å². The maximum absolute atomic E-state index is 12.1. The highest BCUT2D eigenvalue weighted by Gasteiger charge is 2.30. The third-order valence-electron chi connectivity index (χ3n) is 3.12. The van der Waals surface area contributed by atoms with Gasteiger partial charge in [-0.25, -0.2) is 4.99 Å². The van der Waals surface area contributed by atoms with Gasteiger partial charge in [-0.2, -0.15) is 5.10 Å². The summed E-state index contributed by atoms with van der Waals surface area (Å²) in [6.07, 6.45) is -3.01. The summed E-state index contributed by atoms with van der Waals surface area (Å²) >= 11 is 0. The molecule has 0 atom stereocenters. The van der Waals surface area contributed by atoms with Gasteiger partial charge in [0, 0.05) is 24.0 Å². The fourth-order valence-corrected chi connectivity index (χ4v) is 1.80. The summed E-state index contributed by atoms with van der Waals surface area (Å²) < 4.78 is 41.7. The van der Waals surface area contributed by atoms with E-state index in [0.717, 1.165) is 11.3 Å². The van der Waals surface area contributed by atoms with E-state index < -0.39 is 6.36 Å². The number of alkyl halides is 3. The van der Waals surface area contributed by atoms with Crippen LogP contribution in [0.4, 0.5) is 18.9 Å². The molecule has 0 unspecified atom stereocenters. The molecule has 0 aliphatic carbocycles. The molecule has 10 heteroatoms. The van der Waals surface area contributed by atoms with Crippen molar-refractivity contribution < 1.29 is 17.9 Å². The Morgan fingerprint density at radius 2 is 1.96 bits per heavy atom. The summed E-state index contributed by atoms with van der Waals surface area (Å²) in [5, 5.41) is 6.89. The molecule has 24 heavy (non-hydrogen) atoms. The smallest absolute Gasteiger partial charge is 0.406 e. The molecule has 0 amide bonds. The molecule has 1 aromatic carbocycles. The van der Waals surface area contributed by atoms with Crippen LogP contribution in [0.3, 0.4) is 0 Å². The second-order valence-corrected chi connectivity index (χ2v) is 4.78. The Morgan fingerprint density at radius 1 is 1.33 bits per heavy atom. The maximum Gasteiger partial charge on any atom is 0.573 e. The van der Waals surface area contributed by atoms with E-state index in [9.17, 15) is 13.2 Å². The minimum absolute atomic E-state index is 0. The summed E-state index contributed by atoms with van der Waals surface area (Å²) in [5.41, 5.74) is 8.17. The predicted octanol–water partition coefficient (Wildman–Crippen LogP) is 3.17. The fraction of sp³-hybridized carbons (Fsp3) is 0.286. The zero-order valence-electron chi connectivity index (χ0n) is 13.0. The number of aliphatic imine (C=N–C) groups is 1. The molecule has 6 nitrogen and oxygen atoms in total. The van der Waals surface area contributed by atoms with Crippen molar-refractivity contribution in [1.82, 2.24) is 9.78 Å². The van der Waals surface area contributed by atoms with Gasteiger partial charge < -0.3 is 15.8 Å². The lowest BCUT2D eigenvalue weighted by atomic mass is 10.3. The number of hydrogen-bond donors (Lipinski definition) is 2. The molecule has 0 saturated heterocycles. The van der Waals surface area contributed by atoms with E-state index in [1.54, 1.807) is 10.9 Å². The average Bonchev–Trinajstić information content (AvgIpc) is 2.77. The minimum Gasteiger partial charge on any atom is -0.406 e. The van der Waals surface area contributed by atoms with Gasteiger partial charge in [0.25, 0.3) is 0 Å². The highest BCUT2D eigenvalue weighted by molar-refractivity contribution is 14.0. The summed E-state index contributed by atoms with van der Waals surface area (Å²) in [4.78, 5) is 4.16. The molecular weight excluding hydrogens is 438 g/mol. The van der Waals surface area contributed by atoms with E-state index in [0.29, 0.717) is 12.2 Å². The number of nitrogens with one attached hydrogen (secondary N) is 1. The number of benzene rings is 1. The molecule has 0 bridgehead atoms. The molecule has 1 heterocycles. The number of halogens is 4. The van der Waals surface area contributed by atoms with E-state index in [1.165, 1.54) is 24.3 Å². The Bertz CT molecular complexity index is 697. The number of ether oxygens (including phenoxy) is 1. The van der Waals surface area contributed by atoms with Gasteiger partial charge >= 0.3 is 6.36 Å². The first kappa shape index (κ1) is 20.1. The molecule has 1 aromatic heterocycles. The van der Waals surface area contributed by atoms with Crippen LogP contribution >= 0.6 is 24.0 Å². The van der Waals surface area contributed by atoms with Crippen molar-refractivity contribution in [2.45, 2.75) is 19.8 Å². The van der Waals surface area contributed by atoms with Crippen LogP contribution in [0.25, 0.3) is 0 Å². The van der Waals surface area contributed by atoms with Gasteiger partial charge in [-0.1, -0.05) is 0 Å². The highest BCUT2D eigenvalue weighted by atomic mass is 127. The van der Waals surface area contributed by atoms with Crippen molar-refractivity contribution in [2.24, 2.45) is 17.8 Å². The average molecular weight is 455 g/mol. The maximum atomic E-state index is 12.1. The summed E-state index contributed by atoms with van der Waals surface area (Å²) in [6, 6.07) is 5.21. The van der Waals surface area contributed by atoms with Crippen LogP contribution in [0.5, 0.6) is 5.75 Å². The van der Waals surface area contributed by atoms with Crippen molar-refractivity contribution in [1.29, 1.82) is 0 Å². The minimum atomic E-state index is -4.71. The van der Waals surface area contributed by atoms with Gasteiger partial charge in [0.1, 0.15) is 5.75 Å². The van der Waals surface area contributed by atoms with Crippen LogP contribution < -0.4 is 15.8 Å². The second kappa shape index (κ2) is 8.22. The number of rotatable bonds is 4. The molecule has 0 saturated carbocycles. The van der Waals surface area contributed by atoms with Gasteiger partial charge in [0.05, 0.1) is 12.7 Å². The van der Waals surface area contributed by atoms with E-state index in [-0.39, 0.29) is 35.7 Å². The third kappa shape index (κ3) is 5.91. The topological polar surface area (TPSA) is 77.5 Å². The largest absolute Gasteiger partial charge is 0.573 e. The lowest BCUT2D eigenvalue weighted by Gasteiger charge is -2.10. The van der Waals surface area contributed by atoms with Gasteiger partial charge in [-0.3, -0.25) is 4.68 Å². The second-order valence-electron chi connectivity index (χ2n) is 4.78. The van der Waals surface area contributed by atoms with E-state index in [2.05, 4.69) is 20.1 Å². The first-order chi connectivity index (χ1) is 10.7. The van der Waals surface area contributed by atoms with Gasteiger partial charge in [-0.05, 0) is 31.2 Å². The molecule has 132 valence electrons. The van der Waals surface area contributed by atoms with Crippen molar-refractivity contribution in [3.63, 3.8) is 0 Å². The zero-order chi connectivity index (χ0) is 17.0. The molecule has 0 aliphatic rings. The quantitative estimate of drug-likeness (QED) is 0.422. The van der Waals surface area contributed by atoms with Crippen LogP contribution in [0.15, 0.2) is 35.5 Å². The van der Waals surface area contributed by atoms with Gasteiger partial charge in [-0.15, -0.1) is 37.1 Å². The lowest BCUT2D eigenvalue weighted by Crippen LogP contribution is -2.22. The standard InChI is InChI=1S/C14H16F3N5O.HI/c1-9-10(8-20-22(9)2)7-19-13(18)21-11-3-5-12(6-4-11)23-14(15,16)17;/h3-6,8H,7H2,1-2H3,(H3,18,19,21);1H. The number of anilines is 1. The Morgan fingerprint density at radius 3 is 2.46 bits per heavy atom.